The Bertz CT molecular complexity index is 1840. The molecule has 1 N–H and O–H groups in total. The molecule has 4 heterocycles. The fraction of sp³-hybridized carbons (Fsp3) is 0.250. The van der Waals surface area contributed by atoms with Crippen molar-refractivity contribution in [2.45, 2.75) is 30.7 Å². The fourth-order valence-corrected chi connectivity index (χ4v) is 6.65. The number of nitrogens with one attached hydrogen (secondary N) is 1. The van der Waals surface area contributed by atoms with Crippen LogP contribution in [0.15, 0.2) is 90.1 Å². The van der Waals surface area contributed by atoms with Crippen LogP contribution in [0.5, 0.6) is 5.75 Å². The smallest absolute Gasteiger partial charge is 0.243 e. The first kappa shape index (κ1) is 28.5. The molecule has 2 aromatic carbocycles. The molecule has 5 aromatic rings. The van der Waals surface area contributed by atoms with E-state index in [-0.39, 0.29) is 30.3 Å². The Kier molecular flexibility index (Phi) is 8.17. The molecule has 0 atom stereocenters. The first-order chi connectivity index (χ1) is 20.9. The van der Waals surface area contributed by atoms with Gasteiger partial charge in [-0.3, -0.25) is 9.78 Å². The standard InChI is InChI=1S/C32H32N6O4S/c1-42-27-13-15-33-26(20-27)9-12-30-35-29-19-25(21-34-32(29)36-30)24-7-10-28(11-8-24)43(40,41)38-16-14-31(39)37(17-18-38)22-23-5-3-2-4-6-23/h2-8,10-11,13,15,19-21H,9,12,14,16-18,22H2,1H3,(H,34,35,36). The normalized spacial score (nSPS) is 14.6. The second kappa shape index (κ2) is 12.3. The summed E-state index contributed by atoms with van der Waals surface area (Å²) in [6, 6.07) is 22.2. The lowest BCUT2D eigenvalue weighted by Gasteiger charge is -2.22. The number of ether oxygens (including phenoxy) is 1. The maximum absolute atomic E-state index is 13.5. The van der Waals surface area contributed by atoms with E-state index in [0.717, 1.165) is 39.5 Å². The van der Waals surface area contributed by atoms with Crippen molar-refractivity contribution < 1.29 is 17.9 Å². The highest BCUT2D eigenvalue weighted by molar-refractivity contribution is 7.89. The van der Waals surface area contributed by atoms with E-state index in [1.807, 2.05) is 48.5 Å². The third kappa shape index (κ3) is 6.42. The van der Waals surface area contributed by atoms with E-state index in [4.69, 9.17) is 9.72 Å². The van der Waals surface area contributed by atoms with Crippen LogP contribution in [0.25, 0.3) is 22.3 Å². The van der Waals surface area contributed by atoms with Crippen molar-refractivity contribution in [1.29, 1.82) is 0 Å². The number of aromatic amines is 1. The van der Waals surface area contributed by atoms with Crippen LogP contribution in [0.1, 0.15) is 23.5 Å². The molecule has 0 radical (unpaired) electrons. The number of sulfonamides is 1. The number of nitrogens with zero attached hydrogens (tertiary/aromatic N) is 5. The molecular formula is C32H32N6O4S. The van der Waals surface area contributed by atoms with E-state index in [1.54, 1.807) is 48.7 Å². The molecule has 3 aromatic heterocycles. The third-order valence-electron chi connectivity index (χ3n) is 7.62. The zero-order valence-electron chi connectivity index (χ0n) is 23.8. The van der Waals surface area contributed by atoms with Crippen LogP contribution < -0.4 is 4.74 Å². The second-order valence-electron chi connectivity index (χ2n) is 10.4. The minimum absolute atomic E-state index is 0.0433. The minimum atomic E-state index is -3.76. The summed E-state index contributed by atoms with van der Waals surface area (Å²) in [5, 5.41) is 0. The van der Waals surface area contributed by atoms with Crippen molar-refractivity contribution in [2.24, 2.45) is 0 Å². The molecule has 1 fully saturated rings. The Morgan fingerprint density at radius 1 is 0.907 bits per heavy atom. The van der Waals surface area contributed by atoms with Gasteiger partial charge in [-0.15, -0.1) is 0 Å². The number of benzene rings is 2. The van der Waals surface area contributed by atoms with Gasteiger partial charge in [-0.25, -0.2) is 18.4 Å². The van der Waals surface area contributed by atoms with E-state index >= 15 is 0 Å². The van der Waals surface area contributed by atoms with Gasteiger partial charge in [0.1, 0.15) is 17.1 Å². The number of methoxy groups -OCH3 is 1. The van der Waals surface area contributed by atoms with Gasteiger partial charge in [-0.2, -0.15) is 4.31 Å². The zero-order valence-corrected chi connectivity index (χ0v) is 24.6. The maximum atomic E-state index is 13.5. The quantitative estimate of drug-likeness (QED) is 0.270. The lowest BCUT2D eigenvalue weighted by molar-refractivity contribution is -0.130. The van der Waals surface area contributed by atoms with E-state index in [9.17, 15) is 13.2 Å². The number of aryl methyl sites for hydroxylation is 2. The van der Waals surface area contributed by atoms with Gasteiger partial charge in [0.15, 0.2) is 5.65 Å². The number of carbonyl (C=O) groups is 1. The van der Waals surface area contributed by atoms with Crippen LogP contribution in [0.2, 0.25) is 0 Å². The molecule has 220 valence electrons. The van der Waals surface area contributed by atoms with Gasteiger partial charge in [0, 0.05) is 68.7 Å². The average Bonchev–Trinajstić information content (AvgIpc) is 3.36. The van der Waals surface area contributed by atoms with Crippen LogP contribution in [-0.2, 0) is 34.2 Å². The van der Waals surface area contributed by atoms with Gasteiger partial charge in [-0.05, 0) is 41.8 Å². The zero-order chi connectivity index (χ0) is 29.8. The number of hydrogen-bond donors (Lipinski definition) is 1. The molecule has 0 bridgehead atoms. The molecule has 1 saturated heterocycles. The number of carbonyl (C=O) groups excluding carboxylic acids is 1. The van der Waals surface area contributed by atoms with E-state index in [2.05, 4.69) is 15.0 Å². The summed E-state index contributed by atoms with van der Waals surface area (Å²) >= 11 is 0. The van der Waals surface area contributed by atoms with Crippen LogP contribution in [0, 0.1) is 0 Å². The van der Waals surface area contributed by atoms with Gasteiger partial charge < -0.3 is 14.6 Å². The lowest BCUT2D eigenvalue weighted by atomic mass is 10.1. The summed E-state index contributed by atoms with van der Waals surface area (Å²) in [6.45, 7) is 1.22. The number of H-pyrrole nitrogens is 1. The monoisotopic (exact) mass is 596 g/mol. The molecule has 0 aliphatic carbocycles. The summed E-state index contributed by atoms with van der Waals surface area (Å²) < 4.78 is 33.7. The molecule has 1 aliphatic rings. The Morgan fingerprint density at radius 2 is 1.72 bits per heavy atom. The Balaban J connectivity index is 1.13. The molecule has 1 amide bonds. The number of aromatic nitrogens is 4. The molecule has 0 spiro atoms. The number of amides is 1. The molecule has 0 unspecified atom stereocenters. The van der Waals surface area contributed by atoms with Gasteiger partial charge >= 0.3 is 0 Å². The van der Waals surface area contributed by atoms with E-state index in [1.165, 1.54) is 4.31 Å². The summed E-state index contributed by atoms with van der Waals surface area (Å²) in [6.07, 6.45) is 5.00. The summed E-state index contributed by atoms with van der Waals surface area (Å²) in [4.78, 5) is 31.6. The number of imidazole rings is 1. The fourth-order valence-electron chi connectivity index (χ4n) is 5.21. The second-order valence-corrected chi connectivity index (χ2v) is 12.4. The number of rotatable bonds is 9. The highest BCUT2D eigenvalue weighted by Gasteiger charge is 2.29. The number of fused-ring (bicyclic) bond motifs is 1. The predicted octanol–water partition coefficient (Wildman–Crippen LogP) is 4.24. The van der Waals surface area contributed by atoms with Crippen LogP contribution >= 0.6 is 0 Å². The number of pyridine rings is 2. The molecule has 0 saturated carbocycles. The Labute approximate surface area is 250 Å². The van der Waals surface area contributed by atoms with Crippen molar-refractivity contribution in [2.75, 3.05) is 26.7 Å². The molecular weight excluding hydrogens is 564 g/mol. The topological polar surface area (TPSA) is 121 Å². The van der Waals surface area contributed by atoms with E-state index in [0.29, 0.717) is 31.6 Å². The Hall–Kier alpha value is -4.61. The third-order valence-corrected chi connectivity index (χ3v) is 9.53. The van der Waals surface area contributed by atoms with Gasteiger partial charge in [0.05, 0.1) is 12.0 Å². The maximum Gasteiger partial charge on any atom is 0.243 e. The van der Waals surface area contributed by atoms with Crippen molar-refractivity contribution in [3.05, 3.63) is 102 Å². The van der Waals surface area contributed by atoms with Crippen molar-refractivity contribution >= 4 is 27.1 Å². The van der Waals surface area contributed by atoms with Crippen molar-refractivity contribution in [3.63, 3.8) is 0 Å². The molecule has 1 aliphatic heterocycles. The average molecular weight is 597 g/mol. The van der Waals surface area contributed by atoms with Gasteiger partial charge in [0.25, 0.3) is 0 Å². The van der Waals surface area contributed by atoms with Crippen LogP contribution in [-0.4, -0.2) is 70.2 Å². The summed E-state index contributed by atoms with van der Waals surface area (Å²) in [7, 11) is -2.13. The highest BCUT2D eigenvalue weighted by Crippen LogP contribution is 2.26. The summed E-state index contributed by atoms with van der Waals surface area (Å²) in [5.41, 5.74) is 5.02. The molecule has 10 nitrogen and oxygen atoms in total. The largest absolute Gasteiger partial charge is 0.497 e. The van der Waals surface area contributed by atoms with Crippen molar-refractivity contribution in [3.8, 4) is 16.9 Å². The lowest BCUT2D eigenvalue weighted by Crippen LogP contribution is -2.35. The molecule has 11 heteroatoms. The molecule has 43 heavy (non-hydrogen) atoms. The van der Waals surface area contributed by atoms with Crippen LogP contribution in [0.4, 0.5) is 0 Å². The first-order valence-corrected chi connectivity index (χ1v) is 15.6. The molecule has 6 rings (SSSR count). The Morgan fingerprint density at radius 3 is 2.51 bits per heavy atom. The highest BCUT2D eigenvalue weighted by atomic mass is 32.2. The van der Waals surface area contributed by atoms with E-state index < -0.39 is 10.0 Å². The van der Waals surface area contributed by atoms with Gasteiger partial charge in [-0.1, -0.05) is 42.5 Å². The van der Waals surface area contributed by atoms with Gasteiger partial charge in [0.2, 0.25) is 15.9 Å². The SMILES string of the molecule is COc1ccnc(CCc2nc3cc(-c4ccc(S(=O)(=O)N5CCC(=O)N(Cc6ccccc6)CC5)cc4)cnc3[nH]2)c1. The van der Waals surface area contributed by atoms with Crippen LogP contribution in [0.3, 0.4) is 0 Å². The minimum Gasteiger partial charge on any atom is -0.497 e. The summed E-state index contributed by atoms with van der Waals surface area (Å²) in [5.74, 6) is 1.54. The predicted molar refractivity (Wildman–Crippen MR) is 163 cm³/mol. The first-order valence-electron chi connectivity index (χ1n) is 14.1. The van der Waals surface area contributed by atoms with Crippen molar-refractivity contribution in [1.82, 2.24) is 29.1 Å². The number of hydrogen-bond acceptors (Lipinski definition) is 7.